The first-order valence-electron chi connectivity index (χ1n) is 6.59. The molecule has 0 unspecified atom stereocenters. The Labute approximate surface area is 117 Å². The third-order valence-electron chi connectivity index (χ3n) is 3.54. The van der Waals surface area contributed by atoms with Crippen LogP contribution in [0, 0.1) is 5.92 Å². The van der Waals surface area contributed by atoms with Crippen LogP contribution in [0.5, 0.6) is 5.75 Å². The average Bonchev–Trinajstić information content (AvgIpc) is 2.42. The zero-order valence-corrected chi connectivity index (χ0v) is 12.2. The summed E-state index contributed by atoms with van der Waals surface area (Å²) >= 11 is 3.49. The van der Waals surface area contributed by atoms with Crippen LogP contribution >= 0.6 is 15.9 Å². The van der Waals surface area contributed by atoms with Gasteiger partial charge in [0.05, 0.1) is 4.47 Å². The second kappa shape index (κ2) is 7.12. The predicted octanol–water partition coefficient (Wildman–Crippen LogP) is 2.50. The van der Waals surface area contributed by atoms with Gasteiger partial charge in [-0.3, -0.25) is 4.90 Å². The van der Waals surface area contributed by atoms with E-state index in [0.717, 1.165) is 48.9 Å². The minimum absolute atomic E-state index is 0.727. The number of rotatable bonds is 5. The summed E-state index contributed by atoms with van der Waals surface area (Å²) in [6.07, 6.45) is 2.46. The lowest BCUT2D eigenvalue weighted by Gasteiger charge is -2.31. The van der Waals surface area contributed by atoms with Crippen LogP contribution in [0.4, 0.5) is 0 Å². The van der Waals surface area contributed by atoms with Gasteiger partial charge in [-0.15, -0.1) is 0 Å². The lowest BCUT2D eigenvalue weighted by atomic mass is 9.97. The summed E-state index contributed by atoms with van der Waals surface area (Å²) in [7, 11) is 0. The molecule has 1 aliphatic heterocycles. The SMILES string of the molecule is NCC1CCN(CCOc2ccccc2Br)CC1. The van der Waals surface area contributed by atoms with Gasteiger partial charge in [-0.2, -0.15) is 0 Å². The van der Waals surface area contributed by atoms with Gasteiger partial charge in [-0.25, -0.2) is 0 Å². The van der Waals surface area contributed by atoms with Crippen LogP contribution < -0.4 is 10.5 Å². The van der Waals surface area contributed by atoms with Crippen molar-refractivity contribution in [3.8, 4) is 5.75 Å². The number of piperidine rings is 1. The van der Waals surface area contributed by atoms with Crippen LogP contribution in [0.25, 0.3) is 0 Å². The Hall–Kier alpha value is -0.580. The minimum Gasteiger partial charge on any atom is -0.491 e. The highest BCUT2D eigenvalue weighted by Gasteiger charge is 2.17. The molecule has 0 radical (unpaired) electrons. The quantitative estimate of drug-likeness (QED) is 0.908. The molecule has 1 aromatic carbocycles. The largest absolute Gasteiger partial charge is 0.491 e. The molecule has 3 nitrogen and oxygen atoms in total. The molecule has 1 saturated heterocycles. The van der Waals surface area contributed by atoms with Crippen molar-refractivity contribution >= 4 is 15.9 Å². The zero-order chi connectivity index (χ0) is 12.8. The molecule has 4 heteroatoms. The highest BCUT2D eigenvalue weighted by molar-refractivity contribution is 9.10. The first kappa shape index (κ1) is 13.8. The predicted molar refractivity (Wildman–Crippen MR) is 77.9 cm³/mol. The van der Waals surface area contributed by atoms with E-state index in [1.165, 1.54) is 12.8 Å². The van der Waals surface area contributed by atoms with Crippen molar-refractivity contribution in [2.75, 3.05) is 32.8 Å². The fraction of sp³-hybridized carbons (Fsp3) is 0.571. The summed E-state index contributed by atoms with van der Waals surface area (Å²) in [4.78, 5) is 2.46. The average molecular weight is 313 g/mol. The molecule has 1 heterocycles. The number of benzene rings is 1. The van der Waals surface area contributed by atoms with Gasteiger partial charge >= 0.3 is 0 Å². The molecule has 2 rings (SSSR count). The number of para-hydroxylation sites is 1. The van der Waals surface area contributed by atoms with Crippen LogP contribution in [0.3, 0.4) is 0 Å². The fourth-order valence-corrected chi connectivity index (χ4v) is 2.69. The number of ether oxygens (including phenoxy) is 1. The van der Waals surface area contributed by atoms with E-state index in [0.29, 0.717) is 0 Å². The van der Waals surface area contributed by atoms with E-state index in [-0.39, 0.29) is 0 Å². The van der Waals surface area contributed by atoms with Crippen molar-refractivity contribution in [1.29, 1.82) is 0 Å². The maximum Gasteiger partial charge on any atom is 0.133 e. The number of halogens is 1. The van der Waals surface area contributed by atoms with Gasteiger partial charge in [0, 0.05) is 6.54 Å². The molecule has 18 heavy (non-hydrogen) atoms. The molecule has 2 N–H and O–H groups in total. The molecule has 0 atom stereocenters. The molecule has 0 spiro atoms. The van der Waals surface area contributed by atoms with Gasteiger partial charge in [-0.05, 0) is 66.5 Å². The van der Waals surface area contributed by atoms with Gasteiger partial charge in [0.1, 0.15) is 12.4 Å². The molecular formula is C14H21BrN2O. The summed E-state index contributed by atoms with van der Waals surface area (Å²) in [6.45, 7) is 4.89. The van der Waals surface area contributed by atoms with Crippen LogP contribution in [0.1, 0.15) is 12.8 Å². The van der Waals surface area contributed by atoms with Gasteiger partial charge in [0.15, 0.2) is 0 Å². The highest BCUT2D eigenvalue weighted by atomic mass is 79.9. The van der Waals surface area contributed by atoms with Gasteiger partial charge in [0.25, 0.3) is 0 Å². The third kappa shape index (κ3) is 3.97. The Balaban J connectivity index is 1.69. The lowest BCUT2D eigenvalue weighted by molar-refractivity contribution is 0.157. The molecule has 1 aliphatic rings. The summed E-state index contributed by atoms with van der Waals surface area (Å²) in [6, 6.07) is 7.98. The van der Waals surface area contributed by atoms with Gasteiger partial charge < -0.3 is 10.5 Å². The molecule has 1 aromatic rings. The molecular weight excluding hydrogens is 292 g/mol. The Kier molecular flexibility index (Phi) is 5.47. The lowest BCUT2D eigenvalue weighted by Crippen LogP contribution is -2.38. The number of nitrogens with two attached hydrogens (primary N) is 1. The Morgan fingerprint density at radius 1 is 1.28 bits per heavy atom. The van der Waals surface area contributed by atoms with Crippen LogP contribution in [0.15, 0.2) is 28.7 Å². The van der Waals surface area contributed by atoms with Crippen LogP contribution in [0.2, 0.25) is 0 Å². The van der Waals surface area contributed by atoms with Gasteiger partial charge in [-0.1, -0.05) is 12.1 Å². The molecule has 0 saturated carbocycles. The van der Waals surface area contributed by atoms with E-state index >= 15 is 0 Å². The van der Waals surface area contributed by atoms with Crippen LogP contribution in [-0.4, -0.2) is 37.7 Å². The molecule has 0 aliphatic carbocycles. The van der Waals surface area contributed by atoms with E-state index in [1.54, 1.807) is 0 Å². The zero-order valence-electron chi connectivity index (χ0n) is 10.6. The third-order valence-corrected chi connectivity index (χ3v) is 4.20. The summed E-state index contributed by atoms with van der Waals surface area (Å²) in [5.74, 6) is 1.65. The normalized spacial score (nSPS) is 17.9. The molecule has 0 aromatic heterocycles. The Bertz CT molecular complexity index is 365. The Morgan fingerprint density at radius 2 is 2.00 bits per heavy atom. The first-order chi connectivity index (χ1) is 8.79. The summed E-state index contributed by atoms with van der Waals surface area (Å²) < 4.78 is 6.80. The molecule has 0 amide bonds. The highest BCUT2D eigenvalue weighted by Crippen LogP contribution is 2.23. The van der Waals surface area contributed by atoms with Crippen molar-refractivity contribution in [2.24, 2.45) is 11.7 Å². The number of hydrogen-bond acceptors (Lipinski definition) is 3. The second-order valence-corrected chi connectivity index (χ2v) is 5.65. The van der Waals surface area contributed by atoms with Crippen molar-refractivity contribution in [3.63, 3.8) is 0 Å². The molecule has 0 bridgehead atoms. The number of hydrogen-bond donors (Lipinski definition) is 1. The maximum absolute atomic E-state index is 5.78. The second-order valence-electron chi connectivity index (χ2n) is 4.80. The van der Waals surface area contributed by atoms with Crippen molar-refractivity contribution in [3.05, 3.63) is 28.7 Å². The van der Waals surface area contributed by atoms with E-state index in [4.69, 9.17) is 10.5 Å². The smallest absolute Gasteiger partial charge is 0.133 e. The minimum atomic E-state index is 0.727. The number of nitrogens with zero attached hydrogens (tertiary/aromatic N) is 1. The molecule has 1 fully saturated rings. The fourth-order valence-electron chi connectivity index (χ4n) is 2.29. The Morgan fingerprint density at radius 3 is 2.67 bits per heavy atom. The van der Waals surface area contributed by atoms with Crippen molar-refractivity contribution < 1.29 is 4.74 Å². The summed E-state index contributed by atoms with van der Waals surface area (Å²) in [5, 5.41) is 0. The van der Waals surface area contributed by atoms with Crippen molar-refractivity contribution in [2.45, 2.75) is 12.8 Å². The standard InChI is InChI=1S/C14H21BrN2O/c15-13-3-1-2-4-14(13)18-10-9-17-7-5-12(11-16)6-8-17/h1-4,12H,5-11,16H2. The van der Waals surface area contributed by atoms with Crippen LogP contribution in [-0.2, 0) is 0 Å². The topological polar surface area (TPSA) is 38.5 Å². The monoisotopic (exact) mass is 312 g/mol. The van der Waals surface area contributed by atoms with E-state index < -0.39 is 0 Å². The summed E-state index contributed by atoms with van der Waals surface area (Å²) in [5.41, 5.74) is 5.69. The molecule has 100 valence electrons. The number of likely N-dealkylation sites (tertiary alicyclic amines) is 1. The van der Waals surface area contributed by atoms with E-state index in [9.17, 15) is 0 Å². The van der Waals surface area contributed by atoms with Crippen molar-refractivity contribution in [1.82, 2.24) is 4.90 Å². The first-order valence-corrected chi connectivity index (χ1v) is 7.38. The van der Waals surface area contributed by atoms with E-state index in [1.807, 2.05) is 24.3 Å². The van der Waals surface area contributed by atoms with Gasteiger partial charge in [0.2, 0.25) is 0 Å². The maximum atomic E-state index is 5.78. The van der Waals surface area contributed by atoms with E-state index in [2.05, 4.69) is 20.8 Å².